The number of hydrogen-bond donors (Lipinski definition) is 3. The molecule has 2 aliphatic heterocycles. The third kappa shape index (κ3) is 5.32. The number of carbonyl (C=O) groups excluding carboxylic acids is 2. The summed E-state index contributed by atoms with van der Waals surface area (Å²) in [6.07, 6.45) is 2.97. The van der Waals surface area contributed by atoms with Crippen molar-refractivity contribution in [2.75, 3.05) is 18.4 Å². The zero-order chi connectivity index (χ0) is 26.9. The van der Waals surface area contributed by atoms with Gasteiger partial charge in [0.1, 0.15) is 0 Å². The van der Waals surface area contributed by atoms with Crippen molar-refractivity contribution in [3.8, 4) is 0 Å². The Labute approximate surface area is 223 Å². The quantitative estimate of drug-likeness (QED) is 0.446. The van der Waals surface area contributed by atoms with E-state index in [1.54, 1.807) is 36.4 Å². The monoisotopic (exact) mass is 534 g/mol. The van der Waals surface area contributed by atoms with Crippen molar-refractivity contribution in [3.63, 3.8) is 0 Å². The Balaban J connectivity index is 1.33. The summed E-state index contributed by atoms with van der Waals surface area (Å²) in [5.74, 6) is -0.129. The molecule has 8 nitrogen and oxygen atoms in total. The largest absolute Gasteiger partial charge is 0.339 e. The van der Waals surface area contributed by atoms with Gasteiger partial charge in [-0.2, -0.15) is 0 Å². The number of carbonyl (C=O) groups is 2. The molecule has 2 heterocycles. The summed E-state index contributed by atoms with van der Waals surface area (Å²) >= 11 is 0. The summed E-state index contributed by atoms with van der Waals surface area (Å²) in [6, 6.07) is 17.3. The van der Waals surface area contributed by atoms with Gasteiger partial charge in [0.25, 0.3) is 5.91 Å². The molecule has 5 rings (SSSR count). The van der Waals surface area contributed by atoms with Crippen molar-refractivity contribution < 1.29 is 18.0 Å². The Bertz CT molecular complexity index is 1470. The van der Waals surface area contributed by atoms with Crippen molar-refractivity contribution in [2.24, 2.45) is 0 Å². The summed E-state index contributed by atoms with van der Waals surface area (Å²) in [6.45, 7) is 5.25. The zero-order valence-electron chi connectivity index (χ0n) is 21.7. The van der Waals surface area contributed by atoms with Gasteiger partial charge in [0, 0.05) is 40.7 Å². The van der Waals surface area contributed by atoms with Crippen LogP contribution in [-0.2, 0) is 14.8 Å². The van der Waals surface area contributed by atoms with E-state index in [1.165, 1.54) is 0 Å². The molecule has 2 saturated heterocycles. The Morgan fingerprint density at radius 1 is 0.974 bits per heavy atom. The van der Waals surface area contributed by atoms with E-state index in [-0.39, 0.29) is 34.8 Å². The summed E-state index contributed by atoms with van der Waals surface area (Å²) in [5.41, 5.74) is 1.98. The highest BCUT2D eigenvalue weighted by atomic mass is 32.2. The minimum atomic E-state index is -3.85. The Kier molecular flexibility index (Phi) is 7.52. The average molecular weight is 535 g/mol. The van der Waals surface area contributed by atoms with Gasteiger partial charge in [-0.3, -0.25) is 9.59 Å². The first-order chi connectivity index (χ1) is 18.2. The Morgan fingerprint density at radius 3 is 2.47 bits per heavy atom. The molecule has 2 amide bonds. The molecule has 0 bridgehead atoms. The molecular weight excluding hydrogens is 500 g/mol. The molecule has 9 heteroatoms. The second-order valence-electron chi connectivity index (χ2n) is 10.3. The molecule has 38 heavy (non-hydrogen) atoms. The van der Waals surface area contributed by atoms with Crippen molar-refractivity contribution in [1.82, 2.24) is 14.9 Å². The predicted molar refractivity (Wildman–Crippen MR) is 149 cm³/mol. The number of nitrogens with one attached hydrogen (secondary N) is 3. The number of piperidine rings is 1. The molecule has 200 valence electrons. The first-order valence-electron chi connectivity index (χ1n) is 13.2. The highest BCUT2D eigenvalue weighted by Gasteiger charge is 2.35. The minimum Gasteiger partial charge on any atom is -0.339 e. The van der Waals surface area contributed by atoms with Crippen LogP contribution >= 0.6 is 0 Å². The number of hydrogen-bond acceptors (Lipinski definition) is 5. The Hall–Kier alpha value is -3.27. The number of amides is 2. The molecule has 3 N–H and O–H groups in total. The van der Waals surface area contributed by atoms with Gasteiger partial charge in [-0.15, -0.1) is 0 Å². The maximum atomic E-state index is 13.6. The standard InChI is InChI=1S/C29H34N4O4S/c1-19-8-3-4-9-22(19)28(34)31-25-12-5-11-24-23(25)10-6-14-27(24)38(36,37)32-21-15-17-33(20(2)18-21)29(35)26-13-7-16-30-26/h3-6,8-12,14,20-21,26,30,32H,7,13,15-18H2,1-2H3,(H,31,34)/t20-,21+,26+/m1/s1. The summed E-state index contributed by atoms with van der Waals surface area (Å²) in [7, 11) is -3.85. The van der Waals surface area contributed by atoms with Gasteiger partial charge in [-0.1, -0.05) is 42.5 Å². The molecule has 0 unspecified atom stereocenters. The minimum absolute atomic E-state index is 0.0536. The second-order valence-corrected chi connectivity index (χ2v) is 12.0. The molecule has 2 aliphatic rings. The lowest BCUT2D eigenvalue weighted by Gasteiger charge is -2.39. The first kappa shape index (κ1) is 26.3. The molecule has 0 spiro atoms. The van der Waals surface area contributed by atoms with E-state index in [9.17, 15) is 18.0 Å². The number of sulfonamides is 1. The summed E-state index contributed by atoms with van der Waals surface area (Å²) in [5, 5.41) is 7.40. The van der Waals surface area contributed by atoms with E-state index in [4.69, 9.17) is 0 Å². The van der Waals surface area contributed by atoms with Crippen LogP contribution in [0.15, 0.2) is 65.6 Å². The van der Waals surface area contributed by atoms with Crippen molar-refractivity contribution in [3.05, 3.63) is 71.8 Å². The van der Waals surface area contributed by atoms with Crippen LogP contribution in [0.5, 0.6) is 0 Å². The number of anilines is 1. The van der Waals surface area contributed by atoms with Crippen LogP contribution in [0, 0.1) is 6.92 Å². The highest BCUT2D eigenvalue weighted by Crippen LogP contribution is 2.30. The third-order valence-corrected chi connectivity index (χ3v) is 9.23. The SMILES string of the molecule is Cc1ccccc1C(=O)Nc1cccc2c(S(=O)(=O)N[C@H]3CCN(C(=O)[C@@H]4CCCN4)[C@H](C)C3)cccc12. The number of fused-ring (bicyclic) bond motifs is 1. The zero-order valence-corrected chi connectivity index (χ0v) is 22.6. The number of nitrogens with zero attached hydrogens (tertiary/aromatic N) is 1. The van der Waals surface area contributed by atoms with Gasteiger partial charge in [0.15, 0.2) is 0 Å². The number of rotatable bonds is 6. The molecule has 3 aromatic carbocycles. The van der Waals surface area contributed by atoms with E-state index in [2.05, 4.69) is 15.4 Å². The second kappa shape index (κ2) is 10.8. The Morgan fingerprint density at radius 2 is 1.74 bits per heavy atom. The van der Waals surface area contributed by atoms with Gasteiger partial charge in [-0.25, -0.2) is 13.1 Å². The molecule has 0 aliphatic carbocycles. The average Bonchev–Trinajstić information content (AvgIpc) is 3.43. The van der Waals surface area contributed by atoms with E-state index < -0.39 is 10.0 Å². The fourth-order valence-electron chi connectivity index (χ4n) is 5.63. The van der Waals surface area contributed by atoms with Crippen LogP contribution in [0.2, 0.25) is 0 Å². The summed E-state index contributed by atoms with van der Waals surface area (Å²) in [4.78, 5) is 27.9. The number of likely N-dealkylation sites (tertiary alicyclic amines) is 1. The maximum absolute atomic E-state index is 13.6. The number of aryl methyl sites for hydroxylation is 1. The molecule has 0 radical (unpaired) electrons. The van der Waals surface area contributed by atoms with Gasteiger partial charge in [0.05, 0.1) is 10.9 Å². The van der Waals surface area contributed by atoms with E-state index >= 15 is 0 Å². The van der Waals surface area contributed by atoms with E-state index in [0.29, 0.717) is 41.4 Å². The highest BCUT2D eigenvalue weighted by molar-refractivity contribution is 7.89. The fraction of sp³-hybridized carbons (Fsp3) is 0.379. The molecule has 3 atom stereocenters. The molecule has 0 saturated carbocycles. The number of benzene rings is 3. The lowest BCUT2D eigenvalue weighted by Crippen LogP contribution is -2.54. The maximum Gasteiger partial charge on any atom is 0.255 e. The van der Waals surface area contributed by atoms with Crippen LogP contribution < -0.4 is 15.4 Å². The van der Waals surface area contributed by atoms with Gasteiger partial charge >= 0.3 is 0 Å². The van der Waals surface area contributed by atoms with Crippen LogP contribution in [0.1, 0.15) is 48.5 Å². The van der Waals surface area contributed by atoms with Gasteiger partial charge < -0.3 is 15.5 Å². The van der Waals surface area contributed by atoms with E-state index in [0.717, 1.165) is 24.9 Å². The van der Waals surface area contributed by atoms with Crippen LogP contribution in [0.4, 0.5) is 5.69 Å². The topological polar surface area (TPSA) is 108 Å². The molecule has 0 aromatic heterocycles. The summed E-state index contributed by atoms with van der Waals surface area (Å²) < 4.78 is 30.0. The third-order valence-electron chi connectivity index (χ3n) is 7.65. The van der Waals surface area contributed by atoms with Crippen molar-refractivity contribution in [1.29, 1.82) is 0 Å². The molecule has 2 fully saturated rings. The lowest BCUT2D eigenvalue weighted by atomic mass is 9.98. The lowest BCUT2D eigenvalue weighted by molar-refractivity contribution is -0.136. The normalized spacial score (nSPS) is 21.9. The van der Waals surface area contributed by atoms with Crippen molar-refractivity contribution in [2.45, 2.75) is 62.6 Å². The van der Waals surface area contributed by atoms with Crippen LogP contribution in [0.3, 0.4) is 0 Å². The molecular formula is C29H34N4O4S. The van der Waals surface area contributed by atoms with Crippen LogP contribution in [-0.4, -0.2) is 56.3 Å². The molecule has 3 aromatic rings. The van der Waals surface area contributed by atoms with Crippen molar-refractivity contribution >= 4 is 38.3 Å². The predicted octanol–water partition coefficient (Wildman–Crippen LogP) is 3.81. The fourth-order valence-corrected chi connectivity index (χ4v) is 7.13. The smallest absolute Gasteiger partial charge is 0.255 e. The van der Waals surface area contributed by atoms with Gasteiger partial charge in [-0.05, 0) is 69.8 Å². The first-order valence-corrected chi connectivity index (χ1v) is 14.7. The van der Waals surface area contributed by atoms with Crippen LogP contribution in [0.25, 0.3) is 10.8 Å². The van der Waals surface area contributed by atoms with Gasteiger partial charge in [0.2, 0.25) is 15.9 Å². The van der Waals surface area contributed by atoms with E-state index in [1.807, 2.05) is 43.0 Å².